The molecule has 0 saturated heterocycles. The molecule has 82 valence electrons. The molecule has 0 spiro atoms. The van der Waals surface area contributed by atoms with Crippen molar-refractivity contribution in [2.24, 2.45) is 0 Å². The Balaban J connectivity index is 3.35. The molecule has 0 saturated carbocycles. The Hall–Kier alpha value is -1.04. The number of benzene rings is 1. The first kappa shape index (κ1) is 12.0. The van der Waals surface area contributed by atoms with Crippen molar-refractivity contribution >= 4 is 6.08 Å². The van der Waals surface area contributed by atoms with Crippen molar-refractivity contribution in [3.8, 4) is 0 Å². The normalized spacial score (nSPS) is 11.1. The second kappa shape index (κ2) is 4.65. The van der Waals surface area contributed by atoms with E-state index >= 15 is 0 Å². The minimum Gasteiger partial charge on any atom is -0.0985 e. The van der Waals surface area contributed by atoms with Crippen molar-refractivity contribution in [2.75, 3.05) is 0 Å². The lowest BCUT2D eigenvalue weighted by Gasteiger charge is -2.17. The van der Waals surface area contributed by atoms with Crippen molar-refractivity contribution < 1.29 is 0 Å². The van der Waals surface area contributed by atoms with E-state index in [1.807, 2.05) is 6.08 Å². The monoisotopic (exact) mass is 202 g/mol. The van der Waals surface area contributed by atoms with E-state index < -0.39 is 0 Å². The molecule has 0 aromatic heterocycles. The third kappa shape index (κ3) is 2.50. The highest BCUT2D eigenvalue weighted by Crippen LogP contribution is 2.28. The number of hydrogen-bond donors (Lipinski definition) is 0. The maximum Gasteiger partial charge on any atom is -0.0213 e. The third-order valence-electron chi connectivity index (χ3n) is 2.94. The molecule has 0 radical (unpaired) electrons. The highest BCUT2D eigenvalue weighted by molar-refractivity contribution is 5.56. The first-order valence-electron chi connectivity index (χ1n) is 5.74. The van der Waals surface area contributed by atoms with E-state index in [1.165, 1.54) is 22.3 Å². The Morgan fingerprint density at radius 3 is 1.93 bits per heavy atom. The van der Waals surface area contributed by atoms with Crippen LogP contribution in [0.4, 0.5) is 0 Å². The predicted octanol–water partition coefficient (Wildman–Crippen LogP) is 4.88. The minimum atomic E-state index is 0.568. The second-order valence-electron chi connectivity index (χ2n) is 4.85. The summed E-state index contributed by atoms with van der Waals surface area (Å²) >= 11 is 0. The molecule has 0 aliphatic carbocycles. The van der Waals surface area contributed by atoms with Crippen LogP contribution >= 0.6 is 0 Å². The second-order valence-corrected chi connectivity index (χ2v) is 4.85. The van der Waals surface area contributed by atoms with E-state index in [4.69, 9.17) is 0 Å². The number of aryl methyl sites for hydroxylation is 1. The SMILES string of the molecule is C=Cc1cc(C(C)C)c(C)cc1C(C)C. The maximum absolute atomic E-state index is 3.90. The van der Waals surface area contributed by atoms with Crippen LogP contribution in [-0.2, 0) is 0 Å². The number of rotatable bonds is 3. The summed E-state index contributed by atoms with van der Waals surface area (Å²) in [5.41, 5.74) is 5.54. The van der Waals surface area contributed by atoms with Gasteiger partial charge < -0.3 is 0 Å². The lowest BCUT2D eigenvalue weighted by atomic mass is 9.89. The fraction of sp³-hybridized carbons (Fsp3) is 0.467. The van der Waals surface area contributed by atoms with E-state index in [0.717, 1.165) is 0 Å². The van der Waals surface area contributed by atoms with Gasteiger partial charge in [0.05, 0.1) is 0 Å². The zero-order valence-electron chi connectivity index (χ0n) is 10.6. The van der Waals surface area contributed by atoms with Crippen molar-refractivity contribution in [1.29, 1.82) is 0 Å². The Kier molecular flexibility index (Phi) is 3.73. The fourth-order valence-corrected chi connectivity index (χ4v) is 2.06. The van der Waals surface area contributed by atoms with Crippen LogP contribution in [0.5, 0.6) is 0 Å². The van der Waals surface area contributed by atoms with Crippen LogP contribution in [0.15, 0.2) is 18.7 Å². The Morgan fingerprint density at radius 1 is 1.00 bits per heavy atom. The van der Waals surface area contributed by atoms with Crippen LogP contribution in [0.3, 0.4) is 0 Å². The zero-order valence-corrected chi connectivity index (χ0v) is 10.6. The van der Waals surface area contributed by atoms with Gasteiger partial charge in [-0.3, -0.25) is 0 Å². The number of hydrogen-bond acceptors (Lipinski definition) is 0. The minimum absolute atomic E-state index is 0.568. The van der Waals surface area contributed by atoms with E-state index in [-0.39, 0.29) is 0 Å². The molecule has 0 amide bonds. The van der Waals surface area contributed by atoms with Crippen molar-refractivity contribution in [2.45, 2.75) is 46.5 Å². The summed E-state index contributed by atoms with van der Waals surface area (Å²) in [4.78, 5) is 0. The van der Waals surface area contributed by atoms with Gasteiger partial charge in [0.2, 0.25) is 0 Å². The molecule has 1 rings (SSSR count). The Bertz CT molecular complexity index is 357. The Labute approximate surface area is 94.0 Å². The molecule has 0 nitrogen and oxygen atoms in total. The van der Waals surface area contributed by atoms with Crippen LogP contribution < -0.4 is 0 Å². The predicted molar refractivity (Wildman–Crippen MR) is 69.4 cm³/mol. The highest BCUT2D eigenvalue weighted by Gasteiger charge is 2.10. The van der Waals surface area contributed by atoms with Crippen LogP contribution in [0.1, 0.15) is 61.8 Å². The zero-order chi connectivity index (χ0) is 11.6. The molecule has 0 aliphatic rings. The van der Waals surface area contributed by atoms with Gasteiger partial charge in [0.25, 0.3) is 0 Å². The molecule has 0 unspecified atom stereocenters. The highest BCUT2D eigenvalue weighted by atomic mass is 14.1. The first-order chi connectivity index (χ1) is 6.97. The van der Waals surface area contributed by atoms with Crippen LogP contribution in [0.25, 0.3) is 6.08 Å². The molecule has 0 atom stereocenters. The van der Waals surface area contributed by atoms with E-state index in [1.54, 1.807) is 0 Å². The fourth-order valence-electron chi connectivity index (χ4n) is 2.06. The smallest absolute Gasteiger partial charge is 0.0213 e. The van der Waals surface area contributed by atoms with Crippen LogP contribution in [0.2, 0.25) is 0 Å². The van der Waals surface area contributed by atoms with Gasteiger partial charge in [-0.25, -0.2) is 0 Å². The topological polar surface area (TPSA) is 0 Å². The molecule has 0 heterocycles. The average molecular weight is 202 g/mol. The molecule has 0 bridgehead atoms. The van der Waals surface area contributed by atoms with Crippen LogP contribution in [-0.4, -0.2) is 0 Å². The van der Waals surface area contributed by atoms with E-state index in [0.29, 0.717) is 11.8 Å². The van der Waals surface area contributed by atoms with Gasteiger partial charge >= 0.3 is 0 Å². The first-order valence-corrected chi connectivity index (χ1v) is 5.74. The van der Waals surface area contributed by atoms with Crippen LogP contribution in [0, 0.1) is 6.92 Å². The summed E-state index contributed by atoms with van der Waals surface area (Å²) < 4.78 is 0. The summed E-state index contributed by atoms with van der Waals surface area (Å²) in [6, 6.07) is 4.61. The summed E-state index contributed by atoms with van der Waals surface area (Å²) in [6.07, 6.45) is 1.97. The summed E-state index contributed by atoms with van der Waals surface area (Å²) in [5, 5.41) is 0. The quantitative estimate of drug-likeness (QED) is 0.655. The molecule has 0 fully saturated rings. The van der Waals surface area contributed by atoms with E-state index in [9.17, 15) is 0 Å². The molecular formula is C15H22. The lowest BCUT2D eigenvalue weighted by Crippen LogP contribution is -1.99. The van der Waals surface area contributed by atoms with E-state index in [2.05, 4.69) is 53.3 Å². The van der Waals surface area contributed by atoms with Gasteiger partial charge in [-0.15, -0.1) is 0 Å². The van der Waals surface area contributed by atoms with Crippen molar-refractivity contribution in [3.63, 3.8) is 0 Å². The Morgan fingerprint density at radius 2 is 1.53 bits per heavy atom. The molecule has 0 heteroatoms. The average Bonchev–Trinajstić information content (AvgIpc) is 2.16. The third-order valence-corrected chi connectivity index (χ3v) is 2.94. The van der Waals surface area contributed by atoms with Gasteiger partial charge in [-0.2, -0.15) is 0 Å². The molecular weight excluding hydrogens is 180 g/mol. The van der Waals surface area contributed by atoms with Gasteiger partial charge in [0.15, 0.2) is 0 Å². The largest absolute Gasteiger partial charge is 0.0985 e. The molecule has 0 aliphatic heterocycles. The van der Waals surface area contributed by atoms with Gasteiger partial charge in [-0.05, 0) is 41.0 Å². The molecule has 1 aromatic carbocycles. The maximum atomic E-state index is 3.90. The van der Waals surface area contributed by atoms with Gasteiger partial charge in [0.1, 0.15) is 0 Å². The standard InChI is InChI=1S/C15H22/c1-7-13-9-14(10(2)3)12(6)8-15(13)11(4)5/h7-11H,1H2,2-6H3. The van der Waals surface area contributed by atoms with Gasteiger partial charge in [0, 0.05) is 0 Å². The van der Waals surface area contributed by atoms with Gasteiger partial charge in [-0.1, -0.05) is 52.5 Å². The summed E-state index contributed by atoms with van der Waals surface area (Å²) in [5.74, 6) is 1.16. The molecule has 0 N–H and O–H groups in total. The lowest BCUT2D eigenvalue weighted by molar-refractivity contribution is 0.833. The molecule has 15 heavy (non-hydrogen) atoms. The van der Waals surface area contributed by atoms with Crippen molar-refractivity contribution in [1.82, 2.24) is 0 Å². The summed E-state index contributed by atoms with van der Waals surface area (Å²) in [7, 11) is 0. The molecule has 1 aromatic rings. The van der Waals surface area contributed by atoms with Crippen molar-refractivity contribution in [3.05, 3.63) is 41.0 Å². The summed E-state index contributed by atoms with van der Waals surface area (Å²) in [6.45, 7) is 15.1.